The lowest BCUT2D eigenvalue weighted by Gasteiger charge is -2.36. The lowest BCUT2D eigenvalue weighted by Crippen LogP contribution is -2.61. The average Bonchev–Trinajstić information content (AvgIpc) is 1.26. The number of carbonyl (C=O) groups is 16. The minimum atomic E-state index is -1.84. The molecule has 16 amide bonds. The fourth-order valence-corrected chi connectivity index (χ4v) is 16.0. The average molecular weight is 1820 g/mol. The normalized spacial score (nSPS) is 24.1. The van der Waals surface area contributed by atoms with Crippen molar-refractivity contribution >= 4 is 122 Å². The Morgan fingerprint density at radius 3 is 1.72 bits per heavy atom. The van der Waals surface area contributed by atoms with Gasteiger partial charge in [0.15, 0.2) is 5.96 Å². The number of unbranched alkanes of at least 4 members (excludes halogenated alkanes) is 2. The molecule has 3 aromatic heterocycles. The maximum absolute atomic E-state index is 15.7. The molecule has 2 aliphatic rings. The second kappa shape index (κ2) is 50.0. The number of aliphatic hydroxyl groups is 2. The Morgan fingerprint density at radius 2 is 1.11 bits per heavy atom. The number of amides is 16. The summed E-state index contributed by atoms with van der Waals surface area (Å²) in [5, 5.41) is 62.0. The molecule has 5 heterocycles. The van der Waals surface area contributed by atoms with Gasteiger partial charge in [0.2, 0.25) is 94.5 Å². The second-order valence-corrected chi connectivity index (χ2v) is 33.8. The molecule has 0 radical (unpaired) electrons. The Kier molecular flexibility index (Phi) is 39.3. The van der Waals surface area contributed by atoms with Crippen molar-refractivity contribution in [3.05, 3.63) is 126 Å². The molecule has 42 heteroatoms. The summed E-state index contributed by atoms with van der Waals surface area (Å²) in [7, 11) is 5.26. The predicted molar refractivity (Wildman–Crippen MR) is 483 cm³/mol. The lowest BCUT2D eigenvalue weighted by molar-refractivity contribution is -0.149. The number of aromatic amines is 3. The van der Waals surface area contributed by atoms with Crippen LogP contribution in [0.15, 0.2) is 104 Å². The molecule has 0 bridgehead atoms. The van der Waals surface area contributed by atoms with Crippen molar-refractivity contribution in [2.24, 2.45) is 23.1 Å². The number of fused-ring (bicyclic) bond motifs is 3. The Hall–Kier alpha value is -13.4. The van der Waals surface area contributed by atoms with E-state index < -0.39 is 224 Å². The minimum Gasteiger partial charge on any atom is -0.394 e. The number of aromatic nitrogens is 4. The number of imidazole rings is 1. The molecule has 14 atom stereocenters. The van der Waals surface area contributed by atoms with E-state index >= 15 is 24.0 Å². The van der Waals surface area contributed by atoms with Crippen LogP contribution >= 0.6 is 0 Å². The van der Waals surface area contributed by atoms with Gasteiger partial charge >= 0.3 is 0 Å². The molecule has 42 nitrogen and oxygen atoms in total. The molecule has 0 aliphatic carbocycles. The number of nitrogens with two attached hydrogens (primary N) is 3. The fraction of sp³-hybridized carbons (Fsp3) is 0.528. The summed E-state index contributed by atoms with van der Waals surface area (Å²) in [6, 6.07) is 2.98. The SMILES string of the molecule is CCCC[C@H]1C(=O)N(C)[C@@H](CCCC)C(=O)N[C@@H](CCCNC(=N)N)C(=O)N[C@H](C(=O)NCC(N)=O)CCC(=O)N[C@@H](Cc2ccccc2)C(=O)N(C)[C@@H](C)C(=O)N[C@@H](CC(N)=O)C(=O)N2CCC[C@H]2C(=O)N[C@@H](Cc2cnc[nH]2)C(O)N[C@@H](CC(C)C)C(=O)N(C)CC(=O)N[C@@H](Cc2c[nH]c3ccccc23)C(=O)N[C@@H](CO)C(=O)N[C@@H](Cc2c[nH]c3ccccc23)C(=O)N1C. The van der Waals surface area contributed by atoms with Crippen LogP contribution in [0.1, 0.15) is 147 Å². The lowest BCUT2D eigenvalue weighted by atomic mass is 10.00. The number of likely N-dealkylation sites (N-methyl/N-ethyl adjacent to an activating group) is 4. The number of hydrogen-bond acceptors (Lipinski definition) is 21. The van der Waals surface area contributed by atoms with E-state index in [0.29, 0.717) is 69.9 Å². The van der Waals surface area contributed by atoms with Crippen LogP contribution in [0.3, 0.4) is 0 Å². The zero-order valence-corrected chi connectivity index (χ0v) is 75.6. The highest BCUT2D eigenvalue weighted by atomic mass is 16.3. The van der Waals surface area contributed by atoms with Gasteiger partial charge in [-0.2, -0.15) is 0 Å². The third-order valence-corrected chi connectivity index (χ3v) is 23.4. The summed E-state index contributed by atoms with van der Waals surface area (Å²) in [6.45, 7) is 5.97. The molecule has 131 heavy (non-hydrogen) atoms. The van der Waals surface area contributed by atoms with Crippen molar-refractivity contribution in [1.82, 2.24) is 103 Å². The third-order valence-electron chi connectivity index (χ3n) is 23.4. The molecular formula is C89H128N24O18. The zero-order chi connectivity index (χ0) is 95.9. The van der Waals surface area contributed by atoms with Crippen molar-refractivity contribution in [3.63, 3.8) is 0 Å². The van der Waals surface area contributed by atoms with E-state index in [1.807, 2.05) is 13.8 Å². The highest BCUT2D eigenvalue weighted by molar-refractivity contribution is 6.01. The van der Waals surface area contributed by atoms with Crippen molar-refractivity contribution in [2.75, 3.05) is 61.0 Å². The quantitative estimate of drug-likeness (QED) is 0.0154. The molecular weight excluding hydrogens is 1690 g/mol. The summed E-state index contributed by atoms with van der Waals surface area (Å²) in [6.07, 6.45) is 3.22. The molecule has 0 saturated carbocycles. The van der Waals surface area contributed by atoms with Crippen LogP contribution in [0, 0.1) is 11.3 Å². The van der Waals surface area contributed by atoms with E-state index in [1.54, 1.807) is 105 Å². The smallest absolute Gasteiger partial charge is 0.246 e. The Labute approximate surface area is 759 Å². The van der Waals surface area contributed by atoms with Gasteiger partial charge in [0.1, 0.15) is 72.7 Å². The Morgan fingerprint density at radius 1 is 0.550 bits per heavy atom. The van der Waals surface area contributed by atoms with Gasteiger partial charge in [-0.15, -0.1) is 0 Å². The maximum atomic E-state index is 15.7. The first kappa shape index (κ1) is 103. The molecule has 3 aromatic carbocycles. The van der Waals surface area contributed by atoms with Crippen molar-refractivity contribution in [3.8, 4) is 0 Å². The molecule has 8 rings (SSSR count). The molecule has 0 spiro atoms. The molecule has 6 aromatic rings. The van der Waals surface area contributed by atoms with Crippen molar-refractivity contribution < 1.29 is 86.9 Å². The summed E-state index contributed by atoms with van der Waals surface area (Å²) in [5.74, 6) is -15.4. The van der Waals surface area contributed by atoms with Crippen LogP contribution in [0.25, 0.3) is 21.8 Å². The van der Waals surface area contributed by atoms with Gasteiger partial charge in [0.05, 0.1) is 44.5 Å². The number of aliphatic hydroxyl groups excluding tert-OH is 2. The molecule has 2 fully saturated rings. The number of para-hydroxylation sites is 2. The number of H-pyrrole nitrogens is 3. The van der Waals surface area contributed by atoms with Crippen molar-refractivity contribution in [1.29, 1.82) is 5.41 Å². The van der Waals surface area contributed by atoms with Crippen LogP contribution in [-0.2, 0) is 102 Å². The fourth-order valence-electron chi connectivity index (χ4n) is 16.0. The Balaban J connectivity index is 1.19. The van der Waals surface area contributed by atoms with Crippen LogP contribution in [0.5, 0.6) is 0 Å². The number of hydrogen-bond donors (Lipinski definition) is 20. The number of benzene rings is 3. The zero-order valence-electron chi connectivity index (χ0n) is 75.6. The summed E-state index contributed by atoms with van der Waals surface area (Å²) in [4.78, 5) is 253. The first-order valence-electron chi connectivity index (χ1n) is 44.3. The van der Waals surface area contributed by atoms with E-state index in [4.69, 9.17) is 22.6 Å². The molecule has 1 unspecified atom stereocenters. The highest BCUT2D eigenvalue weighted by Crippen LogP contribution is 2.26. The second-order valence-electron chi connectivity index (χ2n) is 33.8. The third kappa shape index (κ3) is 29.8. The van der Waals surface area contributed by atoms with Gasteiger partial charge in [-0.05, 0) is 93.0 Å². The summed E-state index contributed by atoms with van der Waals surface area (Å²) >= 11 is 0. The molecule has 2 saturated heterocycles. The predicted octanol–water partition coefficient (Wildman–Crippen LogP) is -2.30. The van der Waals surface area contributed by atoms with Crippen LogP contribution in [0.2, 0.25) is 0 Å². The van der Waals surface area contributed by atoms with Gasteiger partial charge in [0.25, 0.3) is 0 Å². The molecule has 2 aliphatic heterocycles. The van der Waals surface area contributed by atoms with Crippen LogP contribution in [0.4, 0.5) is 0 Å². The number of rotatable bonds is 26. The van der Waals surface area contributed by atoms with E-state index in [-0.39, 0.29) is 89.6 Å². The standard InChI is InChI=1S/C89H128N24O18/c1-10-12-30-69-82(125)103-60(29-21-35-95-89(92)93)78(121)102-61(77(120)98-46-73(91)116)33-34-74(117)101-65(38-52-23-15-14-16-24-52)85(128)110(7)51(5)76(119)105-67(42-72(90)115)87(130)113-36-22-32-70(113)83(126)104-63(41-55-45-94-49-99-55)80(123)106-64(37-50(3)4)84(127)109(6)47-75(118)100-62(39-53-43-96-58-27-19-17-25-56(53)58)79(122)108-68(48-114)81(124)107-66(40-54-44-97-59-28-20-18-26-57(54)59)86(129)112(9)71(31-13-11-2)88(131)111(69)8/h14-20,23-28,43-45,49-51,60-71,80,96-97,106,114,123H,10-13,21-22,29-42,46-48H2,1-9H3,(H2,90,115)(H2,91,116)(H,94,99)(H,98,120)(H,100,118)(H,101,117)(H,102,121)(H,103,125)(H,104,126)(H,105,119)(H,107,124)(H,108,122)(H4,92,93,95)/t51-,60-,61-,62-,63-,64-,65-,66-,67-,68-,69-,70-,71-,80?/m0/s1. The largest absolute Gasteiger partial charge is 0.394 e. The molecule has 23 N–H and O–H groups in total. The van der Waals surface area contributed by atoms with Gasteiger partial charge in [0, 0.05) is 119 Å². The minimum absolute atomic E-state index is 0.00274. The van der Waals surface area contributed by atoms with E-state index in [2.05, 4.69) is 78.4 Å². The number of nitrogens with zero attached hydrogens (tertiary/aromatic N) is 6. The summed E-state index contributed by atoms with van der Waals surface area (Å²) < 4.78 is 0. The maximum Gasteiger partial charge on any atom is 0.246 e. The van der Waals surface area contributed by atoms with Gasteiger partial charge < -0.3 is 120 Å². The van der Waals surface area contributed by atoms with E-state index in [1.165, 1.54) is 47.6 Å². The summed E-state index contributed by atoms with van der Waals surface area (Å²) in [5.41, 5.74) is 20.1. The monoisotopic (exact) mass is 1820 g/mol. The molecule has 712 valence electrons. The number of primary amides is 2. The van der Waals surface area contributed by atoms with Gasteiger partial charge in [-0.25, -0.2) is 4.98 Å². The van der Waals surface area contributed by atoms with Crippen molar-refractivity contribution in [2.45, 2.75) is 235 Å². The van der Waals surface area contributed by atoms with E-state index in [0.717, 1.165) is 24.5 Å². The van der Waals surface area contributed by atoms with Gasteiger partial charge in [-0.3, -0.25) is 87.4 Å². The van der Waals surface area contributed by atoms with E-state index in [9.17, 15) is 63.0 Å². The van der Waals surface area contributed by atoms with Crippen LogP contribution < -0.4 is 75.7 Å². The van der Waals surface area contributed by atoms with Crippen LogP contribution in [-0.4, -0.2) is 301 Å². The van der Waals surface area contributed by atoms with Gasteiger partial charge in [-0.1, -0.05) is 120 Å². The number of nitrogens with one attached hydrogen (secondary N) is 15. The topological polar surface area (TPSA) is 624 Å². The first-order chi connectivity index (χ1) is 62.4. The Bertz CT molecular complexity index is 4970. The number of carbonyl (C=O) groups excluding carboxylic acids is 16. The highest BCUT2D eigenvalue weighted by Gasteiger charge is 2.44. The number of guanidine groups is 1. The first-order valence-corrected chi connectivity index (χ1v) is 44.3.